The number of furan rings is 1. The highest BCUT2D eigenvalue weighted by Crippen LogP contribution is 2.16. The number of rotatable bonds is 4. The number of carbonyl (C=O) groups excluding carboxylic acids is 1. The van der Waals surface area contributed by atoms with Crippen molar-refractivity contribution in [3.8, 4) is 11.5 Å². The molecule has 1 amide bonds. The van der Waals surface area contributed by atoms with Crippen molar-refractivity contribution < 1.29 is 9.21 Å². The van der Waals surface area contributed by atoms with E-state index in [1.54, 1.807) is 36.9 Å². The van der Waals surface area contributed by atoms with Crippen molar-refractivity contribution in [1.82, 2.24) is 15.3 Å². The van der Waals surface area contributed by atoms with E-state index >= 15 is 0 Å². The topological polar surface area (TPSA) is 68.0 Å². The Morgan fingerprint density at radius 1 is 1.10 bits per heavy atom. The van der Waals surface area contributed by atoms with Crippen LogP contribution in [-0.4, -0.2) is 15.9 Å². The summed E-state index contributed by atoms with van der Waals surface area (Å²) in [6, 6.07) is 12.7. The minimum absolute atomic E-state index is 0.203. The Hall–Kier alpha value is -2.95. The fraction of sp³-hybridized carbons (Fsp3) is 0.0625. The second kappa shape index (κ2) is 6.00. The predicted molar refractivity (Wildman–Crippen MR) is 77.3 cm³/mol. The van der Waals surface area contributed by atoms with Gasteiger partial charge in [-0.05, 0) is 35.9 Å². The molecule has 0 fully saturated rings. The lowest BCUT2D eigenvalue weighted by Gasteiger charge is -2.05. The Morgan fingerprint density at radius 3 is 2.71 bits per heavy atom. The molecule has 0 bridgehead atoms. The molecule has 0 aliphatic heterocycles. The number of amides is 1. The highest BCUT2D eigenvalue weighted by atomic mass is 16.3. The highest BCUT2D eigenvalue weighted by Gasteiger charge is 2.06. The third-order valence-electron chi connectivity index (χ3n) is 2.95. The molecule has 5 nitrogen and oxygen atoms in total. The minimum Gasteiger partial charge on any atom is -0.463 e. The van der Waals surface area contributed by atoms with Gasteiger partial charge in [0.25, 0.3) is 5.91 Å². The Morgan fingerprint density at radius 2 is 2.05 bits per heavy atom. The third kappa shape index (κ3) is 3.14. The van der Waals surface area contributed by atoms with Gasteiger partial charge < -0.3 is 9.73 Å². The van der Waals surface area contributed by atoms with Crippen LogP contribution in [0.25, 0.3) is 11.5 Å². The summed E-state index contributed by atoms with van der Waals surface area (Å²) in [5, 5.41) is 2.80. The standard InChI is InChI=1S/C16H13N3O2/c20-16(14-4-1-2-8-17-14)19-11-12-6-7-13(18-10-12)15-5-3-9-21-15/h1-10H,11H2,(H,19,20). The predicted octanol–water partition coefficient (Wildman–Crippen LogP) is 2.67. The molecule has 0 aromatic carbocycles. The van der Waals surface area contributed by atoms with Gasteiger partial charge in [-0.25, -0.2) is 0 Å². The number of hydrogen-bond acceptors (Lipinski definition) is 4. The molecule has 3 aromatic rings. The maximum absolute atomic E-state index is 11.9. The summed E-state index contributed by atoms with van der Waals surface area (Å²) >= 11 is 0. The lowest BCUT2D eigenvalue weighted by molar-refractivity contribution is 0.0946. The molecule has 0 atom stereocenters. The van der Waals surface area contributed by atoms with Crippen LogP contribution in [-0.2, 0) is 6.54 Å². The first kappa shape index (κ1) is 13.1. The molecule has 0 saturated carbocycles. The van der Waals surface area contributed by atoms with E-state index in [1.165, 1.54) is 0 Å². The average Bonchev–Trinajstić information content (AvgIpc) is 3.08. The highest BCUT2D eigenvalue weighted by molar-refractivity contribution is 5.92. The zero-order valence-corrected chi connectivity index (χ0v) is 11.2. The summed E-state index contributed by atoms with van der Waals surface area (Å²) in [5.41, 5.74) is 2.08. The number of aromatic nitrogens is 2. The molecule has 0 unspecified atom stereocenters. The van der Waals surface area contributed by atoms with Gasteiger partial charge in [0.15, 0.2) is 5.76 Å². The Labute approximate surface area is 121 Å². The zero-order chi connectivity index (χ0) is 14.5. The molecule has 3 aromatic heterocycles. The molecular formula is C16H13N3O2. The van der Waals surface area contributed by atoms with Crippen LogP contribution in [0, 0.1) is 0 Å². The summed E-state index contributed by atoms with van der Waals surface area (Å²) in [5.74, 6) is 0.518. The number of pyridine rings is 2. The van der Waals surface area contributed by atoms with Gasteiger partial charge >= 0.3 is 0 Å². The summed E-state index contributed by atoms with van der Waals surface area (Å²) in [4.78, 5) is 20.2. The van der Waals surface area contributed by atoms with Crippen LogP contribution in [0.1, 0.15) is 16.1 Å². The molecule has 3 heterocycles. The van der Waals surface area contributed by atoms with Gasteiger partial charge in [-0.2, -0.15) is 0 Å². The van der Waals surface area contributed by atoms with E-state index in [-0.39, 0.29) is 5.91 Å². The van der Waals surface area contributed by atoms with Crippen molar-refractivity contribution in [2.75, 3.05) is 0 Å². The molecule has 104 valence electrons. The molecule has 0 spiro atoms. The van der Waals surface area contributed by atoms with Crippen molar-refractivity contribution in [3.63, 3.8) is 0 Å². The van der Waals surface area contributed by atoms with E-state index in [0.29, 0.717) is 12.2 Å². The second-order valence-corrected chi connectivity index (χ2v) is 4.43. The lowest BCUT2D eigenvalue weighted by Crippen LogP contribution is -2.23. The van der Waals surface area contributed by atoms with Gasteiger partial charge in [-0.15, -0.1) is 0 Å². The van der Waals surface area contributed by atoms with Crippen LogP contribution in [0.2, 0.25) is 0 Å². The normalized spacial score (nSPS) is 10.3. The van der Waals surface area contributed by atoms with Gasteiger partial charge in [-0.1, -0.05) is 12.1 Å². The van der Waals surface area contributed by atoms with Crippen LogP contribution in [0.5, 0.6) is 0 Å². The number of hydrogen-bond donors (Lipinski definition) is 1. The minimum atomic E-state index is -0.203. The smallest absolute Gasteiger partial charge is 0.270 e. The van der Waals surface area contributed by atoms with Gasteiger partial charge in [0.05, 0.1) is 6.26 Å². The maximum atomic E-state index is 11.9. The molecule has 0 aliphatic carbocycles. The summed E-state index contributed by atoms with van der Waals surface area (Å²) in [7, 11) is 0. The van der Waals surface area contributed by atoms with Crippen molar-refractivity contribution in [3.05, 3.63) is 72.4 Å². The van der Waals surface area contributed by atoms with E-state index in [1.807, 2.05) is 24.3 Å². The third-order valence-corrected chi connectivity index (χ3v) is 2.95. The number of nitrogens with one attached hydrogen (secondary N) is 1. The Kier molecular flexibility index (Phi) is 3.73. The van der Waals surface area contributed by atoms with E-state index in [4.69, 9.17) is 4.42 Å². The summed E-state index contributed by atoms with van der Waals surface area (Å²) < 4.78 is 5.27. The van der Waals surface area contributed by atoms with E-state index < -0.39 is 0 Å². The Bertz CT molecular complexity index is 707. The lowest BCUT2D eigenvalue weighted by atomic mass is 10.2. The molecule has 3 rings (SSSR count). The van der Waals surface area contributed by atoms with Crippen molar-refractivity contribution in [1.29, 1.82) is 0 Å². The van der Waals surface area contributed by atoms with Gasteiger partial charge in [-0.3, -0.25) is 14.8 Å². The van der Waals surface area contributed by atoms with Crippen LogP contribution < -0.4 is 5.32 Å². The van der Waals surface area contributed by atoms with Crippen LogP contribution >= 0.6 is 0 Å². The summed E-state index contributed by atoms with van der Waals surface area (Å²) in [6.07, 6.45) is 4.92. The van der Waals surface area contributed by atoms with Crippen LogP contribution in [0.15, 0.2) is 65.5 Å². The zero-order valence-electron chi connectivity index (χ0n) is 11.2. The largest absolute Gasteiger partial charge is 0.463 e. The molecule has 0 aliphatic rings. The van der Waals surface area contributed by atoms with Gasteiger partial charge in [0, 0.05) is 18.9 Å². The van der Waals surface area contributed by atoms with Gasteiger partial charge in [0.1, 0.15) is 11.4 Å². The maximum Gasteiger partial charge on any atom is 0.270 e. The molecule has 0 saturated heterocycles. The van der Waals surface area contributed by atoms with Crippen molar-refractivity contribution in [2.24, 2.45) is 0 Å². The van der Waals surface area contributed by atoms with E-state index in [9.17, 15) is 4.79 Å². The van der Waals surface area contributed by atoms with Crippen molar-refractivity contribution >= 4 is 5.91 Å². The molecule has 21 heavy (non-hydrogen) atoms. The SMILES string of the molecule is O=C(NCc1ccc(-c2ccco2)nc1)c1ccccn1. The number of carbonyl (C=O) groups is 1. The average molecular weight is 279 g/mol. The molecule has 1 N–H and O–H groups in total. The summed E-state index contributed by atoms with van der Waals surface area (Å²) in [6.45, 7) is 0.404. The first-order chi connectivity index (χ1) is 10.3. The van der Waals surface area contributed by atoms with Gasteiger partial charge in [0.2, 0.25) is 0 Å². The first-order valence-electron chi connectivity index (χ1n) is 6.51. The van der Waals surface area contributed by atoms with E-state index in [0.717, 1.165) is 17.0 Å². The fourth-order valence-electron chi connectivity index (χ4n) is 1.87. The van der Waals surface area contributed by atoms with Crippen LogP contribution in [0.4, 0.5) is 0 Å². The molecule has 5 heteroatoms. The monoisotopic (exact) mass is 279 g/mol. The molecular weight excluding hydrogens is 266 g/mol. The molecule has 0 radical (unpaired) electrons. The second-order valence-electron chi connectivity index (χ2n) is 4.43. The van der Waals surface area contributed by atoms with Crippen molar-refractivity contribution in [2.45, 2.75) is 6.54 Å². The van der Waals surface area contributed by atoms with E-state index in [2.05, 4.69) is 15.3 Å². The fourth-order valence-corrected chi connectivity index (χ4v) is 1.87. The first-order valence-corrected chi connectivity index (χ1v) is 6.51. The number of nitrogens with zero attached hydrogens (tertiary/aromatic N) is 2. The quantitative estimate of drug-likeness (QED) is 0.797. The van der Waals surface area contributed by atoms with Crippen LogP contribution in [0.3, 0.4) is 0 Å². The Balaban J connectivity index is 1.62.